The molecule has 0 radical (unpaired) electrons. The van der Waals surface area contributed by atoms with Crippen molar-refractivity contribution in [1.29, 1.82) is 0 Å². The van der Waals surface area contributed by atoms with Crippen molar-refractivity contribution in [2.45, 2.75) is 30.0 Å². The van der Waals surface area contributed by atoms with E-state index in [0.29, 0.717) is 4.21 Å². The van der Waals surface area contributed by atoms with E-state index in [1.54, 1.807) is 24.9 Å². The van der Waals surface area contributed by atoms with Gasteiger partial charge in [0.2, 0.25) is 0 Å². The number of sulfonamides is 1. The van der Waals surface area contributed by atoms with Crippen molar-refractivity contribution in [2.24, 2.45) is 0 Å². The van der Waals surface area contributed by atoms with E-state index in [1.807, 2.05) is 26.3 Å². The lowest BCUT2D eigenvalue weighted by Crippen LogP contribution is -2.35. The maximum absolute atomic E-state index is 12.5. The molecule has 0 aliphatic carbocycles. The molecule has 1 N–H and O–H groups in total. The summed E-state index contributed by atoms with van der Waals surface area (Å²) in [4.78, 5) is 1.10. The molecule has 1 aromatic heterocycles. The molecule has 1 heterocycles. The van der Waals surface area contributed by atoms with Gasteiger partial charge in [0.25, 0.3) is 10.0 Å². The number of hydrogen-bond donors (Lipinski definition) is 1. The quantitative estimate of drug-likeness (QED) is 0.751. The molecule has 1 unspecified atom stereocenters. The monoisotopic (exact) mass is 336 g/mol. The average Bonchev–Trinajstić information content (AvgIpc) is 2.91. The summed E-state index contributed by atoms with van der Waals surface area (Å²) in [5, 5.41) is 3.07. The van der Waals surface area contributed by atoms with Crippen LogP contribution in [0.5, 0.6) is 0 Å². The highest BCUT2D eigenvalue weighted by Gasteiger charge is 2.26. The Morgan fingerprint density at radius 3 is 2.75 bits per heavy atom. The lowest BCUT2D eigenvalue weighted by atomic mass is 10.3. The van der Waals surface area contributed by atoms with E-state index in [9.17, 15) is 8.42 Å². The van der Waals surface area contributed by atoms with Gasteiger partial charge in [0.1, 0.15) is 4.21 Å². The largest absolute Gasteiger partial charge is 0.319 e. The Balaban J connectivity index is 2.79. The van der Waals surface area contributed by atoms with Gasteiger partial charge in [-0.05, 0) is 57.5 Å². The molecule has 1 atom stereocenters. The molecule has 4 nitrogen and oxygen atoms in total. The molecule has 0 aliphatic heterocycles. The molecule has 0 spiro atoms. The second-order valence-electron chi connectivity index (χ2n) is 4.73. The zero-order valence-electron chi connectivity index (χ0n) is 12.5. The molecule has 0 bridgehead atoms. The van der Waals surface area contributed by atoms with Crippen LogP contribution in [0, 0.1) is 0 Å². The summed E-state index contributed by atoms with van der Waals surface area (Å²) in [7, 11) is 0.219. The molecule has 0 aromatic carbocycles. The predicted octanol–water partition coefficient (Wildman–Crippen LogP) is 2.27. The summed E-state index contributed by atoms with van der Waals surface area (Å²) in [5.41, 5.74) is 0. The normalized spacial score (nSPS) is 13.8. The number of thiophene rings is 1. The highest BCUT2D eigenvalue weighted by atomic mass is 32.2. The third-order valence-electron chi connectivity index (χ3n) is 3.25. The Labute approximate surface area is 131 Å². The van der Waals surface area contributed by atoms with Crippen LogP contribution in [0.4, 0.5) is 0 Å². The van der Waals surface area contributed by atoms with Crippen LogP contribution in [-0.4, -0.2) is 51.4 Å². The molecule has 0 amide bonds. The van der Waals surface area contributed by atoms with E-state index in [1.165, 1.54) is 15.6 Å². The Hall–Kier alpha value is -0.0800. The minimum Gasteiger partial charge on any atom is -0.319 e. The number of rotatable bonds is 9. The van der Waals surface area contributed by atoms with Gasteiger partial charge in [0.05, 0.1) is 0 Å². The van der Waals surface area contributed by atoms with Gasteiger partial charge in [-0.1, -0.05) is 0 Å². The van der Waals surface area contributed by atoms with Gasteiger partial charge < -0.3 is 5.32 Å². The first kappa shape index (κ1) is 18.0. The summed E-state index contributed by atoms with van der Waals surface area (Å²) in [5.74, 6) is 0.971. The van der Waals surface area contributed by atoms with Crippen LogP contribution in [0.1, 0.15) is 18.2 Å². The molecule has 1 aromatic rings. The van der Waals surface area contributed by atoms with Crippen molar-refractivity contribution in [3.8, 4) is 0 Å². The van der Waals surface area contributed by atoms with Crippen LogP contribution in [0.25, 0.3) is 0 Å². The minimum atomic E-state index is -3.35. The van der Waals surface area contributed by atoms with Gasteiger partial charge in [-0.15, -0.1) is 11.3 Å². The number of nitrogens with zero attached hydrogens (tertiary/aromatic N) is 1. The van der Waals surface area contributed by atoms with E-state index in [0.717, 1.165) is 30.0 Å². The third-order valence-corrected chi connectivity index (χ3v) is 7.48. The van der Waals surface area contributed by atoms with Crippen molar-refractivity contribution in [3.05, 3.63) is 17.0 Å². The molecular weight excluding hydrogens is 312 g/mol. The molecule has 116 valence electrons. The summed E-state index contributed by atoms with van der Waals surface area (Å²) in [6.07, 6.45) is 3.77. The van der Waals surface area contributed by atoms with Gasteiger partial charge in [-0.2, -0.15) is 16.1 Å². The second-order valence-corrected chi connectivity index (χ2v) is 9.10. The zero-order valence-corrected chi connectivity index (χ0v) is 15.0. The zero-order chi connectivity index (χ0) is 15.2. The Kier molecular flexibility index (Phi) is 7.53. The van der Waals surface area contributed by atoms with Crippen molar-refractivity contribution in [1.82, 2.24) is 9.62 Å². The Morgan fingerprint density at radius 2 is 2.15 bits per heavy atom. The first-order chi connectivity index (χ1) is 9.43. The molecule has 0 saturated carbocycles. The third kappa shape index (κ3) is 4.73. The topological polar surface area (TPSA) is 49.4 Å². The van der Waals surface area contributed by atoms with Gasteiger partial charge in [0.15, 0.2) is 0 Å². The molecular formula is C13H24N2O2S3. The smallest absolute Gasteiger partial charge is 0.252 e. The van der Waals surface area contributed by atoms with Crippen molar-refractivity contribution in [2.75, 3.05) is 32.6 Å². The van der Waals surface area contributed by atoms with Crippen LogP contribution in [0.3, 0.4) is 0 Å². The first-order valence-corrected chi connectivity index (χ1v) is 10.3. The Morgan fingerprint density at radius 1 is 1.45 bits per heavy atom. The van der Waals surface area contributed by atoms with Crippen LogP contribution in [0.15, 0.2) is 16.3 Å². The lowest BCUT2D eigenvalue weighted by molar-refractivity contribution is 0.383. The number of likely N-dealkylation sites (N-methyl/N-ethyl adjacent to an activating group) is 1. The Bertz CT molecular complexity index is 499. The summed E-state index contributed by atoms with van der Waals surface area (Å²) in [6.45, 7) is 2.82. The fourth-order valence-corrected chi connectivity index (χ4v) is 5.24. The van der Waals surface area contributed by atoms with E-state index < -0.39 is 10.0 Å². The molecule has 7 heteroatoms. The predicted molar refractivity (Wildman–Crippen MR) is 89.4 cm³/mol. The SMILES string of the molecule is CNCCc1ccc(S(=O)(=O)N(C)C(C)CCSC)s1. The molecule has 0 saturated heterocycles. The molecule has 0 fully saturated rings. The summed E-state index contributed by atoms with van der Waals surface area (Å²) in [6, 6.07) is 3.66. The van der Waals surface area contributed by atoms with Crippen LogP contribution >= 0.6 is 23.1 Å². The molecule has 0 aliphatic rings. The highest BCUT2D eigenvalue weighted by molar-refractivity contribution is 7.98. The van der Waals surface area contributed by atoms with Crippen molar-refractivity contribution < 1.29 is 8.42 Å². The van der Waals surface area contributed by atoms with Gasteiger partial charge >= 0.3 is 0 Å². The standard InChI is InChI=1S/C13H24N2O2S3/c1-11(8-10-18-4)15(3)20(16,17)13-6-5-12(19-13)7-9-14-2/h5-6,11,14H,7-10H2,1-4H3. The highest BCUT2D eigenvalue weighted by Crippen LogP contribution is 2.26. The van der Waals surface area contributed by atoms with Crippen LogP contribution in [-0.2, 0) is 16.4 Å². The second kappa shape index (κ2) is 8.38. The maximum Gasteiger partial charge on any atom is 0.252 e. The summed E-state index contributed by atoms with van der Waals surface area (Å²) >= 11 is 3.12. The van der Waals surface area contributed by atoms with Crippen molar-refractivity contribution in [3.63, 3.8) is 0 Å². The maximum atomic E-state index is 12.5. The van der Waals surface area contributed by atoms with Crippen LogP contribution in [0.2, 0.25) is 0 Å². The van der Waals surface area contributed by atoms with E-state index in [2.05, 4.69) is 5.32 Å². The lowest BCUT2D eigenvalue weighted by Gasteiger charge is -2.23. The van der Waals surface area contributed by atoms with E-state index >= 15 is 0 Å². The fourth-order valence-electron chi connectivity index (χ4n) is 1.73. The van der Waals surface area contributed by atoms with Crippen molar-refractivity contribution >= 4 is 33.1 Å². The number of hydrogen-bond acceptors (Lipinski definition) is 5. The number of thioether (sulfide) groups is 1. The molecule has 1 rings (SSSR count). The van der Waals surface area contributed by atoms with Gasteiger partial charge in [-0.25, -0.2) is 8.42 Å². The summed E-state index contributed by atoms with van der Waals surface area (Å²) < 4.78 is 27.0. The van der Waals surface area contributed by atoms with Crippen LogP contribution < -0.4 is 5.32 Å². The number of nitrogens with one attached hydrogen (secondary N) is 1. The first-order valence-electron chi connectivity index (χ1n) is 6.63. The van der Waals surface area contributed by atoms with Gasteiger partial charge in [-0.3, -0.25) is 0 Å². The van der Waals surface area contributed by atoms with E-state index in [-0.39, 0.29) is 6.04 Å². The fraction of sp³-hybridized carbons (Fsp3) is 0.692. The minimum absolute atomic E-state index is 0.0234. The van der Waals surface area contributed by atoms with Gasteiger partial charge in [0, 0.05) is 18.0 Å². The molecule has 20 heavy (non-hydrogen) atoms. The van der Waals surface area contributed by atoms with E-state index in [4.69, 9.17) is 0 Å². The average molecular weight is 337 g/mol.